The van der Waals surface area contributed by atoms with E-state index in [-0.39, 0.29) is 10.8 Å². The van der Waals surface area contributed by atoms with Crippen LogP contribution in [0.4, 0.5) is 0 Å². The quantitative estimate of drug-likeness (QED) is 0.580. The zero-order valence-electron chi connectivity index (χ0n) is 8.02. The molecule has 2 aliphatic carbocycles. The average Bonchev–Trinajstić information content (AvgIpc) is 2.18. The molecule has 1 nitrogen and oxygen atoms in total. The molecule has 0 spiro atoms. The molecule has 2 rings (SSSR count). The van der Waals surface area contributed by atoms with Gasteiger partial charge in [0.15, 0.2) is 0 Å². The van der Waals surface area contributed by atoms with Crippen molar-refractivity contribution >= 4 is 11.6 Å². The van der Waals surface area contributed by atoms with E-state index in [0.29, 0.717) is 5.92 Å². The molecule has 70 valence electrons. The van der Waals surface area contributed by atoms with Crippen LogP contribution < -0.4 is 0 Å². The first-order valence-electron chi connectivity index (χ1n) is 4.72. The second-order valence-electron chi connectivity index (χ2n) is 5.25. The topological polar surface area (TPSA) is 20.2 Å². The number of hydrogen-bond acceptors (Lipinski definition) is 1. The van der Waals surface area contributed by atoms with Crippen LogP contribution in [-0.2, 0) is 0 Å². The Labute approximate surface area is 79.1 Å². The van der Waals surface area contributed by atoms with Crippen LogP contribution in [0.3, 0.4) is 0 Å². The molecule has 2 aliphatic rings. The lowest BCUT2D eigenvalue weighted by atomic mass is 9.70. The first kappa shape index (κ1) is 8.83. The van der Waals surface area contributed by atoms with E-state index in [9.17, 15) is 5.11 Å². The van der Waals surface area contributed by atoms with Crippen molar-refractivity contribution in [2.75, 3.05) is 0 Å². The predicted molar refractivity (Wildman–Crippen MR) is 50.0 cm³/mol. The van der Waals surface area contributed by atoms with Gasteiger partial charge in [-0.25, -0.2) is 0 Å². The SMILES string of the molecule is CC1(C)[C@@H]2CC[C@@]1(C)[C@@](O)(Cl)C2. The van der Waals surface area contributed by atoms with E-state index in [1.54, 1.807) is 0 Å². The van der Waals surface area contributed by atoms with E-state index in [2.05, 4.69) is 20.8 Å². The highest BCUT2D eigenvalue weighted by molar-refractivity contribution is 6.23. The van der Waals surface area contributed by atoms with Crippen LogP contribution >= 0.6 is 11.6 Å². The third-order valence-electron chi connectivity index (χ3n) is 4.80. The van der Waals surface area contributed by atoms with Crippen LogP contribution in [0.5, 0.6) is 0 Å². The lowest BCUT2D eigenvalue weighted by molar-refractivity contribution is -0.0226. The van der Waals surface area contributed by atoms with Crippen molar-refractivity contribution in [2.24, 2.45) is 16.7 Å². The fraction of sp³-hybridized carbons (Fsp3) is 1.00. The highest BCUT2D eigenvalue weighted by Crippen LogP contribution is 2.70. The fourth-order valence-corrected chi connectivity index (χ4v) is 3.71. The minimum atomic E-state index is -0.945. The molecule has 0 aromatic carbocycles. The first-order valence-corrected chi connectivity index (χ1v) is 5.10. The molecule has 2 saturated carbocycles. The highest BCUT2D eigenvalue weighted by atomic mass is 35.5. The summed E-state index contributed by atoms with van der Waals surface area (Å²) in [7, 11) is 0. The highest BCUT2D eigenvalue weighted by Gasteiger charge is 2.67. The van der Waals surface area contributed by atoms with E-state index in [4.69, 9.17) is 11.6 Å². The van der Waals surface area contributed by atoms with Gasteiger partial charge in [0, 0.05) is 5.41 Å². The van der Waals surface area contributed by atoms with Gasteiger partial charge in [-0.15, -0.1) is 0 Å². The summed E-state index contributed by atoms with van der Waals surface area (Å²) in [6, 6.07) is 0. The molecule has 0 aliphatic heterocycles. The molecule has 0 saturated heterocycles. The fourth-order valence-electron chi connectivity index (χ4n) is 3.19. The van der Waals surface area contributed by atoms with Crippen LogP contribution in [0, 0.1) is 16.7 Å². The van der Waals surface area contributed by atoms with Crippen molar-refractivity contribution in [2.45, 2.75) is 45.1 Å². The van der Waals surface area contributed by atoms with Crippen LogP contribution in [0.2, 0.25) is 0 Å². The zero-order chi connectivity index (χ0) is 9.20. The van der Waals surface area contributed by atoms with Gasteiger partial charge in [-0.05, 0) is 30.6 Å². The van der Waals surface area contributed by atoms with Crippen molar-refractivity contribution < 1.29 is 5.11 Å². The Morgan fingerprint density at radius 3 is 2.08 bits per heavy atom. The largest absolute Gasteiger partial charge is 0.374 e. The van der Waals surface area contributed by atoms with Crippen LogP contribution in [0.1, 0.15) is 40.0 Å². The second-order valence-corrected chi connectivity index (χ2v) is 5.88. The lowest BCUT2D eigenvalue weighted by Gasteiger charge is -2.41. The van der Waals surface area contributed by atoms with Gasteiger partial charge in [0.1, 0.15) is 5.06 Å². The molecule has 1 N–H and O–H groups in total. The number of aliphatic hydroxyl groups is 1. The zero-order valence-corrected chi connectivity index (χ0v) is 8.78. The van der Waals surface area contributed by atoms with E-state index >= 15 is 0 Å². The van der Waals surface area contributed by atoms with Gasteiger partial charge in [0.25, 0.3) is 0 Å². The molecule has 0 amide bonds. The average molecular weight is 189 g/mol. The molecule has 0 aromatic heterocycles. The normalized spacial score (nSPS) is 56.2. The molecular formula is C10H17ClO. The molecule has 2 bridgehead atoms. The first-order chi connectivity index (χ1) is 5.31. The van der Waals surface area contributed by atoms with Crippen molar-refractivity contribution in [3.63, 3.8) is 0 Å². The Morgan fingerprint density at radius 2 is 1.92 bits per heavy atom. The summed E-state index contributed by atoms with van der Waals surface area (Å²) >= 11 is 6.15. The minimum absolute atomic E-state index is 0.0772. The van der Waals surface area contributed by atoms with Crippen molar-refractivity contribution in [3.8, 4) is 0 Å². The summed E-state index contributed by atoms with van der Waals surface area (Å²) in [5.41, 5.74) is 0.135. The Morgan fingerprint density at radius 1 is 1.33 bits per heavy atom. The standard InChI is InChI=1S/C10H17ClO/c1-8(2)7-4-5-9(8,3)10(11,12)6-7/h7,12H,4-6H2,1-3H3/t7-,9-,10-/m1/s1. The Kier molecular flexibility index (Phi) is 1.48. The van der Waals surface area contributed by atoms with Crippen LogP contribution in [-0.4, -0.2) is 10.2 Å². The minimum Gasteiger partial charge on any atom is -0.374 e. The number of alkyl halides is 1. The smallest absolute Gasteiger partial charge is 0.144 e. The van der Waals surface area contributed by atoms with Gasteiger partial charge in [0.05, 0.1) is 0 Å². The van der Waals surface area contributed by atoms with E-state index in [1.165, 1.54) is 6.42 Å². The maximum absolute atomic E-state index is 10.0. The Bertz CT molecular complexity index is 222. The summed E-state index contributed by atoms with van der Waals surface area (Å²) < 4.78 is 0. The van der Waals surface area contributed by atoms with Gasteiger partial charge >= 0.3 is 0 Å². The molecule has 12 heavy (non-hydrogen) atoms. The number of rotatable bonds is 0. The maximum Gasteiger partial charge on any atom is 0.144 e. The Balaban J connectivity index is 2.47. The molecule has 2 heteroatoms. The van der Waals surface area contributed by atoms with Crippen molar-refractivity contribution in [1.82, 2.24) is 0 Å². The molecule has 0 unspecified atom stereocenters. The van der Waals surface area contributed by atoms with Crippen molar-refractivity contribution in [1.29, 1.82) is 0 Å². The van der Waals surface area contributed by atoms with E-state index in [0.717, 1.165) is 12.8 Å². The van der Waals surface area contributed by atoms with Gasteiger partial charge in [-0.3, -0.25) is 0 Å². The molecule has 3 atom stereocenters. The summed E-state index contributed by atoms with van der Waals surface area (Å²) in [5, 5.41) is 9.10. The van der Waals surface area contributed by atoms with Gasteiger partial charge in [-0.1, -0.05) is 32.4 Å². The molecule has 0 aromatic rings. The summed E-state index contributed by atoms with van der Waals surface area (Å²) in [5.74, 6) is 0.616. The molecule has 0 radical (unpaired) electrons. The van der Waals surface area contributed by atoms with Crippen LogP contribution in [0.25, 0.3) is 0 Å². The number of halogens is 1. The third-order valence-corrected chi connectivity index (χ3v) is 5.37. The van der Waals surface area contributed by atoms with Gasteiger partial charge < -0.3 is 5.11 Å². The van der Waals surface area contributed by atoms with E-state index < -0.39 is 5.06 Å². The molecule has 2 fully saturated rings. The molecular weight excluding hydrogens is 172 g/mol. The number of fused-ring (bicyclic) bond motifs is 2. The number of hydrogen-bond donors (Lipinski definition) is 1. The summed E-state index contributed by atoms with van der Waals surface area (Å²) in [6.45, 7) is 6.61. The summed E-state index contributed by atoms with van der Waals surface area (Å²) in [6.07, 6.45) is 3.08. The Hall–Kier alpha value is 0.250. The second kappa shape index (κ2) is 2.01. The maximum atomic E-state index is 10.0. The summed E-state index contributed by atoms with van der Waals surface area (Å²) in [4.78, 5) is 0. The molecule has 0 heterocycles. The predicted octanol–water partition coefficient (Wildman–Crippen LogP) is 2.76. The van der Waals surface area contributed by atoms with Gasteiger partial charge in [0.2, 0.25) is 0 Å². The lowest BCUT2D eigenvalue weighted by Crippen LogP contribution is -2.42. The van der Waals surface area contributed by atoms with Gasteiger partial charge in [-0.2, -0.15) is 0 Å². The van der Waals surface area contributed by atoms with E-state index in [1.807, 2.05) is 0 Å². The van der Waals surface area contributed by atoms with Crippen LogP contribution in [0.15, 0.2) is 0 Å². The monoisotopic (exact) mass is 188 g/mol. The van der Waals surface area contributed by atoms with Crippen molar-refractivity contribution in [3.05, 3.63) is 0 Å². The third kappa shape index (κ3) is 0.706.